The van der Waals surface area contributed by atoms with E-state index < -0.39 is 35.2 Å². The van der Waals surface area contributed by atoms with Crippen LogP contribution in [0.15, 0.2) is 24.3 Å². The number of rotatable bonds is 15. The van der Waals surface area contributed by atoms with Crippen molar-refractivity contribution in [2.24, 2.45) is 23.3 Å². The van der Waals surface area contributed by atoms with E-state index >= 15 is 0 Å². The van der Waals surface area contributed by atoms with Gasteiger partial charge in [-0.2, -0.15) is 0 Å². The van der Waals surface area contributed by atoms with Crippen LogP contribution in [0.2, 0.25) is 0 Å². The second-order valence-corrected chi connectivity index (χ2v) is 6.26. The van der Waals surface area contributed by atoms with E-state index in [0.29, 0.717) is 25.7 Å². The van der Waals surface area contributed by atoms with Crippen molar-refractivity contribution in [1.29, 1.82) is 0 Å². The Morgan fingerprint density at radius 3 is 1.31 bits per heavy atom. The van der Waals surface area contributed by atoms with Crippen LogP contribution in [0.5, 0.6) is 0 Å². The molecular weight excluding hydrogens is 332 g/mol. The molecule has 2 amide bonds. The van der Waals surface area contributed by atoms with Crippen molar-refractivity contribution >= 4 is 23.4 Å². The average Bonchev–Trinajstić information content (AvgIpc) is 2.59. The zero-order valence-corrected chi connectivity index (χ0v) is 15.9. The van der Waals surface area contributed by atoms with E-state index in [1.807, 2.05) is 38.2 Å². The van der Waals surface area contributed by atoms with Gasteiger partial charge in [0.1, 0.15) is 11.8 Å². The van der Waals surface area contributed by atoms with Crippen molar-refractivity contribution in [3.8, 4) is 0 Å². The van der Waals surface area contributed by atoms with Crippen LogP contribution in [0, 0.1) is 11.8 Å². The highest BCUT2D eigenvalue weighted by Crippen LogP contribution is 2.17. The molecular formula is C20H32N2O4. The van der Waals surface area contributed by atoms with Crippen molar-refractivity contribution in [3.05, 3.63) is 24.3 Å². The van der Waals surface area contributed by atoms with E-state index in [1.165, 1.54) is 0 Å². The molecule has 4 N–H and O–H groups in total. The summed E-state index contributed by atoms with van der Waals surface area (Å²) < 4.78 is 0. The number of Topliss-reactive ketones (excluding diaryl/α,β-unsaturated/α-hetero) is 2. The first-order chi connectivity index (χ1) is 12.4. The Kier molecular flexibility index (Phi) is 12.8. The monoisotopic (exact) mass is 364 g/mol. The van der Waals surface area contributed by atoms with E-state index in [2.05, 4.69) is 0 Å². The lowest BCUT2D eigenvalue weighted by atomic mass is 9.86. The highest BCUT2D eigenvalue weighted by atomic mass is 16.2. The van der Waals surface area contributed by atoms with Crippen LogP contribution in [-0.4, -0.2) is 23.4 Å². The van der Waals surface area contributed by atoms with Crippen molar-refractivity contribution in [2.75, 3.05) is 0 Å². The lowest BCUT2D eigenvalue weighted by Crippen LogP contribution is -2.41. The summed E-state index contributed by atoms with van der Waals surface area (Å²) in [4.78, 5) is 48.0. The molecule has 0 aliphatic carbocycles. The lowest BCUT2D eigenvalue weighted by Gasteiger charge is -2.15. The quantitative estimate of drug-likeness (QED) is 0.201. The molecule has 0 fully saturated rings. The first-order valence-corrected chi connectivity index (χ1v) is 9.33. The van der Waals surface area contributed by atoms with Gasteiger partial charge in [-0.3, -0.25) is 19.2 Å². The number of amides is 2. The van der Waals surface area contributed by atoms with Crippen molar-refractivity contribution in [2.45, 2.75) is 65.2 Å². The molecule has 0 aliphatic heterocycles. The van der Waals surface area contributed by atoms with Crippen molar-refractivity contribution < 1.29 is 19.2 Å². The summed E-state index contributed by atoms with van der Waals surface area (Å²) in [6, 6.07) is 0. The summed E-state index contributed by atoms with van der Waals surface area (Å²) >= 11 is 0. The molecule has 0 rings (SSSR count). The molecule has 0 spiro atoms. The SMILES string of the molecule is CC/C=C/CCCC(C(N)=O)C(=O)C(=O)C(CCC/C=C/CC)C(N)=O. The first-order valence-electron chi connectivity index (χ1n) is 9.33. The van der Waals surface area contributed by atoms with Crippen LogP contribution in [-0.2, 0) is 19.2 Å². The van der Waals surface area contributed by atoms with Gasteiger partial charge in [-0.05, 0) is 51.4 Å². The van der Waals surface area contributed by atoms with Gasteiger partial charge in [-0.1, -0.05) is 38.2 Å². The maximum atomic E-state index is 12.4. The Morgan fingerprint density at radius 2 is 1.04 bits per heavy atom. The van der Waals surface area contributed by atoms with E-state index in [4.69, 9.17) is 11.5 Å². The standard InChI is InChI=1S/C20H32N2O4/c1-3-5-7-9-11-13-15(19(21)25)17(23)18(24)16(20(22)26)14-12-10-8-6-4-2/h5-8,15-16H,3-4,9-14H2,1-2H3,(H2,21,25)(H2,22,26)/b7-5+,8-6+. The molecule has 6 nitrogen and oxygen atoms in total. The molecule has 0 aromatic heterocycles. The van der Waals surface area contributed by atoms with Crippen LogP contribution >= 0.6 is 0 Å². The van der Waals surface area contributed by atoms with Gasteiger partial charge < -0.3 is 11.5 Å². The molecule has 0 saturated heterocycles. The number of ketones is 2. The number of unbranched alkanes of at least 4 members (excludes halogenated alkanes) is 2. The number of hydrogen-bond acceptors (Lipinski definition) is 4. The fraction of sp³-hybridized carbons (Fsp3) is 0.600. The molecule has 0 bridgehead atoms. The fourth-order valence-electron chi connectivity index (χ4n) is 2.60. The molecule has 6 heteroatoms. The van der Waals surface area contributed by atoms with E-state index in [0.717, 1.165) is 12.8 Å². The van der Waals surface area contributed by atoms with Crippen molar-refractivity contribution in [3.63, 3.8) is 0 Å². The van der Waals surface area contributed by atoms with E-state index in [1.54, 1.807) is 0 Å². The molecule has 0 aliphatic rings. The highest BCUT2D eigenvalue weighted by Gasteiger charge is 2.36. The summed E-state index contributed by atoms with van der Waals surface area (Å²) in [5.41, 5.74) is 10.6. The van der Waals surface area contributed by atoms with Crippen LogP contribution in [0.4, 0.5) is 0 Å². The summed E-state index contributed by atoms with van der Waals surface area (Å²) in [6.07, 6.45) is 12.6. The zero-order chi connectivity index (χ0) is 19.9. The Labute approximate surface area is 156 Å². The summed E-state index contributed by atoms with van der Waals surface area (Å²) in [6.45, 7) is 4.01. The Morgan fingerprint density at radius 1 is 0.692 bits per heavy atom. The van der Waals surface area contributed by atoms with Gasteiger partial charge in [0.25, 0.3) is 0 Å². The van der Waals surface area contributed by atoms with Crippen LogP contribution < -0.4 is 11.5 Å². The molecule has 2 atom stereocenters. The van der Waals surface area contributed by atoms with E-state index in [9.17, 15) is 19.2 Å². The maximum absolute atomic E-state index is 12.4. The second-order valence-electron chi connectivity index (χ2n) is 6.26. The third-order valence-corrected chi connectivity index (χ3v) is 4.09. The molecule has 0 aromatic carbocycles. The largest absolute Gasteiger partial charge is 0.369 e. The Bertz CT molecular complexity index is 490. The first kappa shape index (κ1) is 23.8. The van der Waals surface area contributed by atoms with Gasteiger partial charge in [-0.15, -0.1) is 0 Å². The average molecular weight is 364 g/mol. The van der Waals surface area contributed by atoms with Gasteiger partial charge >= 0.3 is 0 Å². The number of nitrogens with two attached hydrogens (primary N) is 2. The van der Waals surface area contributed by atoms with E-state index in [-0.39, 0.29) is 12.8 Å². The minimum Gasteiger partial charge on any atom is -0.369 e. The van der Waals surface area contributed by atoms with Crippen LogP contribution in [0.1, 0.15) is 65.2 Å². The number of carbonyl (C=O) groups excluding carboxylic acids is 4. The zero-order valence-electron chi connectivity index (χ0n) is 15.9. The number of allylic oxidation sites excluding steroid dienone is 4. The van der Waals surface area contributed by atoms with Gasteiger partial charge in [0.05, 0.1) is 0 Å². The molecule has 26 heavy (non-hydrogen) atoms. The maximum Gasteiger partial charge on any atom is 0.228 e. The minimum absolute atomic E-state index is 0.193. The summed E-state index contributed by atoms with van der Waals surface area (Å²) in [7, 11) is 0. The van der Waals surface area contributed by atoms with Gasteiger partial charge in [-0.25, -0.2) is 0 Å². The Balaban J connectivity index is 4.84. The number of hydrogen-bond donors (Lipinski definition) is 2. The molecule has 0 heterocycles. The molecule has 0 aromatic rings. The topological polar surface area (TPSA) is 120 Å². The highest BCUT2D eigenvalue weighted by molar-refractivity contribution is 6.44. The fourth-order valence-corrected chi connectivity index (χ4v) is 2.60. The van der Waals surface area contributed by atoms with Gasteiger partial charge in [0.2, 0.25) is 23.4 Å². The number of primary amides is 2. The molecule has 2 unspecified atom stereocenters. The van der Waals surface area contributed by atoms with Crippen molar-refractivity contribution in [1.82, 2.24) is 0 Å². The predicted molar refractivity (Wildman–Crippen MR) is 102 cm³/mol. The predicted octanol–water partition coefficient (Wildman–Crippen LogP) is 2.60. The smallest absolute Gasteiger partial charge is 0.228 e. The third-order valence-electron chi connectivity index (χ3n) is 4.09. The molecule has 0 saturated carbocycles. The van der Waals surface area contributed by atoms with Crippen LogP contribution in [0.3, 0.4) is 0 Å². The summed E-state index contributed by atoms with van der Waals surface area (Å²) in [5, 5.41) is 0. The molecule has 0 radical (unpaired) electrons. The molecule has 146 valence electrons. The van der Waals surface area contributed by atoms with Gasteiger partial charge in [0.15, 0.2) is 0 Å². The minimum atomic E-state index is -1.20. The number of carbonyl (C=O) groups is 4. The lowest BCUT2D eigenvalue weighted by molar-refractivity contribution is -0.147. The normalized spacial score (nSPS) is 13.8. The summed E-state index contributed by atoms with van der Waals surface area (Å²) in [5.74, 6) is -5.86. The van der Waals surface area contributed by atoms with Crippen LogP contribution in [0.25, 0.3) is 0 Å². The Hall–Kier alpha value is -2.24. The van der Waals surface area contributed by atoms with Gasteiger partial charge in [0, 0.05) is 0 Å². The third kappa shape index (κ3) is 9.30. The second kappa shape index (κ2) is 14.0.